The van der Waals surface area contributed by atoms with Crippen molar-refractivity contribution >= 4 is 23.1 Å². The number of nitrogens with one attached hydrogen (secondary N) is 1. The molecule has 0 atom stereocenters. The fourth-order valence-corrected chi connectivity index (χ4v) is 1.85. The van der Waals surface area contributed by atoms with Crippen LogP contribution in [0, 0.1) is 17.5 Å². The van der Waals surface area contributed by atoms with E-state index < -0.39 is 23.1 Å². The molecule has 0 aliphatic carbocycles. The van der Waals surface area contributed by atoms with Gasteiger partial charge in [0.25, 0.3) is 0 Å². The molecule has 0 fully saturated rings. The quantitative estimate of drug-likeness (QED) is 0.858. The van der Waals surface area contributed by atoms with Gasteiger partial charge in [-0.3, -0.25) is 0 Å². The van der Waals surface area contributed by atoms with Gasteiger partial charge in [0.1, 0.15) is 28.3 Å². The van der Waals surface area contributed by atoms with E-state index in [1.807, 2.05) is 6.92 Å². The third kappa shape index (κ3) is 3.39. The average Bonchev–Trinajstić information content (AvgIpc) is 2.33. The second-order valence-electron chi connectivity index (χ2n) is 4.11. The van der Waals surface area contributed by atoms with Crippen LogP contribution in [0.25, 0.3) is 0 Å². The second-order valence-corrected chi connectivity index (χ2v) is 4.50. The van der Waals surface area contributed by atoms with Crippen LogP contribution < -0.4 is 5.32 Å². The average molecular weight is 302 g/mol. The van der Waals surface area contributed by atoms with Crippen LogP contribution in [0.1, 0.15) is 19.2 Å². The molecule has 106 valence electrons. The standard InChI is InChI=1S/C13H11ClF3N3/c1-2-3-11-18-10(14)6-12(19-11)20-13-8(16)4-7(15)5-9(13)17/h4-6H,2-3H2,1H3,(H,18,19,20). The van der Waals surface area contributed by atoms with Gasteiger partial charge in [-0.1, -0.05) is 18.5 Å². The third-order valence-corrected chi connectivity index (χ3v) is 2.67. The molecule has 0 unspecified atom stereocenters. The number of aryl methyl sites for hydroxylation is 1. The first-order valence-corrected chi connectivity index (χ1v) is 6.32. The summed E-state index contributed by atoms with van der Waals surface area (Å²) in [5, 5.41) is 2.62. The maximum atomic E-state index is 13.5. The van der Waals surface area contributed by atoms with E-state index in [-0.39, 0.29) is 11.0 Å². The van der Waals surface area contributed by atoms with Crippen molar-refractivity contribution in [2.24, 2.45) is 0 Å². The molecule has 0 aliphatic rings. The van der Waals surface area contributed by atoms with Gasteiger partial charge in [-0.15, -0.1) is 0 Å². The van der Waals surface area contributed by atoms with Gasteiger partial charge >= 0.3 is 0 Å². The molecule has 2 rings (SSSR count). The van der Waals surface area contributed by atoms with E-state index in [1.54, 1.807) is 0 Å². The van der Waals surface area contributed by atoms with Gasteiger partial charge in [-0.05, 0) is 6.42 Å². The van der Waals surface area contributed by atoms with Crippen molar-refractivity contribution in [3.05, 3.63) is 46.6 Å². The molecule has 20 heavy (non-hydrogen) atoms. The maximum Gasteiger partial charge on any atom is 0.152 e. The summed E-state index contributed by atoms with van der Waals surface area (Å²) in [5.41, 5.74) is -0.483. The first-order valence-electron chi connectivity index (χ1n) is 5.94. The van der Waals surface area contributed by atoms with Gasteiger partial charge in [-0.2, -0.15) is 0 Å². The Morgan fingerprint density at radius 3 is 2.35 bits per heavy atom. The lowest BCUT2D eigenvalue weighted by Gasteiger charge is -2.09. The Balaban J connectivity index is 2.35. The number of nitrogens with zero attached hydrogens (tertiary/aromatic N) is 2. The maximum absolute atomic E-state index is 13.5. The van der Waals surface area contributed by atoms with E-state index in [0.29, 0.717) is 24.4 Å². The van der Waals surface area contributed by atoms with Gasteiger partial charge in [0.05, 0.1) is 0 Å². The second kappa shape index (κ2) is 6.09. The highest BCUT2D eigenvalue weighted by atomic mass is 35.5. The SMILES string of the molecule is CCCc1nc(Cl)cc(Nc2c(F)cc(F)cc2F)n1. The molecule has 7 heteroatoms. The Hall–Kier alpha value is -1.82. The summed E-state index contributed by atoms with van der Waals surface area (Å²) in [7, 11) is 0. The molecule has 0 aliphatic heterocycles. The van der Waals surface area contributed by atoms with E-state index in [4.69, 9.17) is 11.6 Å². The van der Waals surface area contributed by atoms with Crippen LogP contribution in [0.5, 0.6) is 0 Å². The third-order valence-electron chi connectivity index (χ3n) is 2.47. The van der Waals surface area contributed by atoms with Crippen molar-refractivity contribution in [2.75, 3.05) is 5.32 Å². The van der Waals surface area contributed by atoms with Crippen molar-refractivity contribution < 1.29 is 13.2 Å². The number of hydrogen-bond acceptors (Lipinski definition) is 3. The number of benzene rings is 1. The van der Waals surface area contributed by atoms with Crippen LogP contribution in [0.4, 0.5) is 24.7 Å². The molecule has 3 nitrogen and oxygen atoms in total. The van der Waals surface area contributed by atoms with E-state index in [0.717, 1.165) is 6.42 Å². The van der Waals surface area contributed by atoms with Crippen molar-refractivity contribution in [3.8, 4) is 0 Å². The largest absolute Gasteiger partial charge is 0.335 e. The number of rotatable bonds is 4. The zero-order valence-corrected chi connectivity index (χ0v) is 11.3. The highest BCUT2D eigenvalue weighted by molar-refractivity contribution is 6.29. The summed E-state index contributed by atoms with van der Waals surface area (Å²) in [6, 6.07) is 2.51. The van der Waals surface area contributed by atoms with Gasteiger partial charge in [-0.25, -0.2) is 23.1 Å². The summed E-state index contributed by atoms with van der Waals surface area (Å²) in [6.45, 7) is 1.94. The van der Waals surface area contributed by atoms with E-state index in [9.17, 15) is 13.2 Å². The van der Waals surface area contributed by atoms with Crippen molar-refractivity contribution in [1.29, 1.82) is 0 Å². The molecule has 0 saturated heterocycles. The van der Waals surface area contributed by atoms with E-state index in [1.165, 1.54) is 6.07 Å². The minimum absolute atomic E-state index is 0.151. The highest BCUT2D eigenvalue weighted by Gasteiger charge is 2.13. The Bertz CT molecular complexity index is 611. The molecular formula is C13H11ClF3N3. The van der Waals surface area contributed by atoms with Crippen LogP contribution in [-0.4, -0.2) is 9.97 Å². The zero-order valence-electron chi connectivity index (χ0n) is 10.6. The Morgan fingerprint density at radius 1 is 1.10 bits per heavy atom. The summed E-state index contributed by atoms with van der Waals surface area (Å²) in [6.07, 6.45) is 1.39. The molecule has 1 heterocycles. The monoisotopic (exact) mass is 301 g/mol. The summed E-state index contributed by atoms with van der Waals surface area (Å²) in [5.74, 6) is -2.47. The van der Waals surface area contributed by atoms with Gasteiger partial charge in [0.15, 0.2) is 11.6 Å². The Morgan fingerprint density at radius 2 is 1.75 bits per heavy atom. The number of aromatic nitrogens is 2. The number of halogens is 4. The van der Waals surface area contributed by atoms with Crippen molar-refractivity contribution in [3.63, 3.8) is 0 Å². The molecule has 2 aromatic rings. The lowest BCUT2D eigenvalue weighted by Crippen LogP contribution is -2.03. The van der Waals surface area contributed by atoms with Crippen molar-refractivity contribution in [1.82, 2.24) is 9.97 Å². The van der Waals surface area contributed by atoms with Crippen LogP contribution in [0.15, 0.2) is 18.2 Å². The molecule has 0 saturated carbocycles. The van der Waals surface area contributed by atoms with Crippen LogP contribution in [0.3, 0.4) is 0 Å². The van der Waals surface area contributed by atoms with Crippen LogP contribution >= 0.6 is 11.6 Å². The molecule has 0 amide bonds. The Kier molecular flexibility index (Phi) is 4.44. The fraction of sp³-hybridized carbons (Fsp3) is 0.231. The topological polar surface area (TPSA) is 37.8 Å². The first-order chi connectivity index (χ1) is 9.49. The lowest BCUT2D eigenvalue weighted by atomic mass is 10.2. The fourth-order valence-electron chi connectivity index (χ4n) is 1.65. The molecule has 1 aromatic carbocycles. The molecule has 0 radical (unpaired) electrons. The highest BCUT2D eigenvalue weighted by Crippen LogP contribution is 2.24. The molecule has 1 aromatic heterocycles. The summed E-state index contributed by atoms with van der Waals surface area (Å²) in [4.78, 5) is 8.08. The van der Waals surface area contributed by atoms with Gasteiger partial charge in [0, 0.05) is 24.6 Å². The zero-order chi connectivity index (χ0) is 14.7. The van der Waals surface area contributed by atoms with Gasteiger partial charge < -0.3 is 5.32 Å². The number of hydrogen-bond donors (Lipinski definition) is 1. The number of anilines is 2. The molecule has 1 N–H and O–H groups in total. The Labute approximate surface area is 118 Å². The summed E-state index contributed by atoms with van der Waals surface area (Å²) >= 11 is 5.82. The van der Waals surface area contributed by atoms with Crippen LogP contribution in [0.2, 0.25) is 5.15 Å². The molecule has 0 spiro atoms. The summed E-state index contributed by atoms with van der Waals surface area (Å²) < 4.78 is 39.9. The minimum atomic E-state index is -1.05. The normalized spacial score (nSPS) is 10.7. The molecular weight excluding hydrogens is 291 g/mol. The molecule has 0 bridgehead atoms. The first kappa shape index (κ1) is 14.6. The smallest absolute Gasteiger partial charge is 0.152 e. The van der Waals surface area contributed by atoms with Crippen LogP contribution in [-0.2, 0) is 6.42 Å². The minimum Gasteiger partial charge on any atom is -0.335 e. The predicted molar refractivity (Wildman–Crippen MR) is 70.6 cm³/mol. The van der Waals surface area contributed by atoms with E-state index >= 15 is 0 Å². The van der Waals surface area contributed by atoms with Gasteiger partial charge in [0.2, 0.25) is 0 Å². The lowest BCUT2D eigenvalue weighted by molar-refractivity contribution is 0.548. The van der Waals surface area contributed by atoms with Crippen molar-refractivity contribution in [2.45, 2.75) is 19.8 Å². The predicted octanol–water partition coefficient (Wildman–Crippen LogP) is 4.24. The van der Waals surface area contributed by atoms with E-state index in [2.05, 4.69) is 15.3 Å².